The van der Waals surface area contributed by atoms with Gasteiger partial charge in [0.15, 0.2) is 0 Å². The van der Waals surface area contributed by atoms with Crippen LogP contribution in [0.1, 0.15) is 24.8 Å². The van der Waals surface area contributed by atoms with Crippen LogP contribution in [0, 0.1) is 11.7 Å². The number of hydrogen-bond acceptors (Lipinski definition) is 3. The van der Waals surface area contributed by atoms with Crippen molar-refractivity contribution in [3.8, 4) is 0 Å². The normalized spacial score (nSPS) is 18.1. The van der Waals surface area contributed by atoms with Crippen LogP contribution in [0.4, 0.5) is 4.39 Å². The Kier molecular flexibility index (Phi) is 7.18. The lowest BCUT2D eigenvalue weighted by Gasteiger charge is -2.20. The highest BCUT2D eigenvalue weighted by Crippen LogP contribution is 2.18. The lowest BCUT2D eigenvalue weighted by molar-refractivity contribution is -0.131. The second kappa shape index (κ2) is 9.37. The van der Waals surface area contributed by atoms with Crippen LogP contribution in [0.25, 0.3) is 0 Å². The first-order valence-corrected chi connectivity index (χ1v) is 8.39. The van der Waals surface area contributed by atoms with Crippen molar-refractivity contribution in [2.24, 2.45) is 5.92 Å². The quantitative estimate of drug-likeness (QED) is 0.806. The van der Waals surface area contributed by atoms with Crippen molar-refractivity contribution in [3.63, 3.8) is 0 Å². The van der Waals surface area contributed by atoms with Crippen molar-refractivity contribution < 1.29 is 18.7 Å². The Hall–Kier alpha value is -1.95. The van der Waals surface area contributed by atoms with Crippen LogP contribution in [0.3, 0.4) is 0 Å². The number of amides is 2. The van der Waals surface area contributed by atoms with E-state index < -0.39 is 0 Å². The number of rotatable bonds is 6. The number of nitrogens with one attached hydrogen (secondary N) is 1. The maximum Gasteiger partial charge on any atom is 0.226 e. The van der Waals surface area contributed by atoms with Gasteiger partial charge in [-0.1, -0.05) is 12.1 Å². The summed E-state index contributed by atoms with van der Waals surface area (Å²) in [6.07, 6.45) is 2.55. The van der Waals surface area contributed by atoms with Crippen LogP contribution in [0.15, 0.2) is 24.3 Å². The van der Waals surface area contributed by atoms with Crippen molar-refractivity contribution >= 4 is 11.8 Å². The number of likely N-dealkylation sites (tertiary alicyclic amines) is 1. The van der Waals surface area contributed by atoms with Gasteiger partial charge in [0.1, 0.15) is 5.82 Å². The number of halogens is 1. The first-order valence-electron chi connectivity index (χ1n) is 8.39. The molecular weight excluding hydrogens is 311 g/mol. The SMILES string of the molecule is COCCNC(=O)C1CCCN(C(=O)Cc2ccc(F)cc2)CC1. The van der Waals surface area contributed by atoms with Crippen molar-refractivity contribution in [3.05, 3.63) is 35.6 Å². The number of benzene rings is 1. The van der Waals surface area contributed by atoms with Gasteiger partial charge in [0.05, 0.1) is 13.0 Å². The van der Waals surface area contributed by atoms with E-state index in [1.54, 1.807) is 19.2 Å². The third-order valence-electron chi connectivity index (χ3n) is 4.33. The number of nitrogens with zero attached hydrogens (tertiary/aromatic N) is 1. The molecule has 1 fully saturated rings. The Morgan fingerprint density at radius 3 is 2.71 bits per heavy atom. The predicted octanol–water partition coefficient (Wildman–Crippen LogP) is 1.76. The molecule has 0 aliphatic carbocycles. The van der Waals surface area contributed by atoms with E-state index in [9.17, 15) is 14.0 Å². The van der Waals surface area contributed by atoms with Crippen molar-refractivity contribution in [2.45, 2.75) is 25.7 Å². The van der Waals surface area contributed by atoms with E-state index in [2.05, 4.69) is 5.32 Å². The minimum Gasteiger partial charge on any atom is -0.383 e. The molecule has 5 nitrogen and oxygen atoms in total. The Bertz CT molecular complexity index is 548. The van der Waals surface area contributed by atoms with Crippen LogP contribution in [0.5, 0.6) is 0 Å². The molecular formula is C18H25FN2O3. The molecule has 1 aromatic carbocycles. The molecule has 2 rings (SSSR count). The summed E-state index contributed by atoms with van der Waals surface area (Å²) >= 11 is 0. The lowest BCUT2D eigenvalue weighted by atomic mass is 10.00. The maximum absolute atomic E-state index is 12.9. The fraction of sp³-hybridized carbons (Fsp3) is 0.556. The van der Waals surface area contributed by atoms with E-state index in [1.165, 1.54) is 12.1 Å². The van der Waals surface area contributed by atoms with E-state index in [1.807, 2.05) is 4.90 Å². The Morgan fingerprint density at radius 1 is 1.25 bits per heavy atom. The Balaban J connectivity index is 1.82. The Labute approximate surface area is 142 Å². The summed E-state index contributed by atoms with van der Waals surface area (Å²) in [4.78, 5) is 26.3. The summed E-state index contributed by atoms with van der Waals surface area (Å²) in [7, 11) is 1.60. The molecule has 132 valence electrons. The molecule has 1 atom stereocenters. The molecule has 2 amide bonds. The van der Waals surface area contributed by atoms with Crippen molar-refractivity contribution in [1.29, 1.82) is 0 Å². The number of carbonyl (C=O) groups is 2. The van der Waals surface area contributed by atoms with Crippen molar-refractivity contribution in [1.82, 2.24) is 10.2 Å². The molecule has 1 aromatic rings. The van der Waals surface area contributed by atoms with Crippen LogP contribution < -0.4 is 5.32 Å². The number of ether oxygens (including phenoxy) is 1. The third-order valence-corrected chi connectivity index (χ3v) is 4.33. The Morgan fingerprint density at radius 2 is 2.00 bits per heavy atom. The summed E-state index contributed by atoms with van der Waals surface area (Å²) in [6.45, 7) is 2.27. The van der Waals surface area contributed by atoms with Gasteiger partial charge in [-0.2, -0.15) is 0 Å². The molecule has 0 aromatic heterocycles. The summed E-state index contributed by atoms with van der Waals surface area (Å²) in [6, 6.07) is 6.01. The second-order valence-corrected chi connectivity index (χ2v) is 6.10. The highest BCUT2D eigenvalue weighted by Gasteiger charge is 2.24. The average molecular weight is 336 g/mol. The molecule has 0 bridgehead atoms. The molecule has 1 heterocycles. The first kappa shape index (κ1) is 18.4. The average Bonchev–Trinajstić information content (AvgIpc) is 2.83. The molecule has 0 radical (unpaired) electrons. The summed E-state index contributed by atoms with van der Waals surface area (Å²) in [5, 5.41) is 2.87. The zero-order valence-corrected chi connectivity index (χ0v) is 14.1. The van der Waals surface area contributed by atoms with Gasteiger partial charge in [0.2, 0.25) is 11.8 Å². The lowest BCUT2D eigenvalue weighted by Crippen LogP contribution is -2.35. The first-order chi connectivity index (χ1) is 11.6. The van der Waals surface area contributed by atoms with E-state index in [0.717, 1.165) is 18.4 Å². The molecule has 24 heavy (non-hydrogen) atoms. The standard InChI is InChI=1S/C18H25FN2O3/c1-24-12-9-20-18(23)15-3-2-10-21(11-8-15)17(22)13-14-4-6-16(19)7-5-14/h4-7,15H,2-3,8-13H2,1H3,(H,20,23). The van der Waals surface area contributed by atoms with Gasteiger partial charge < -0.3 is 15.0 Å². The number of hydrogen-bond donors (Lipinski definition) is 1. The fourth-order valence-electron chi connectivity index (χ4n) is 2.92. The van der Waals surface area contributed by atoms with Gasteiger partial charge in [0, 0.05) is 32.7 Å². The predicted molar refractivity (Wildman–Crippen MR) is 88.9 cm³/mol. The molecule has 6 heteroatoms. The van der Waals surface area contributed by atoms with Gasteiger partial charge in [-0.15, -0.1) is 0 Å². The topological polar surface area (TPSA) is 58.6 Å². The highest BCUT2D eigenvalue weighted by molar-refractivity contribution is 5.80. The largest absolute Gasteiger partial charge is 0.383 e. The molecule has 1 saturated heterocycles. The van der Waals surface area contributed by atoms with Crippen LogP contribution in [0.2, 0.25) is 0 Å². The van der Waals surface area contributed by atoms with Crippen LogP contribution in [-0.4, -0.2) is 50.1 Å². The van der Waals surface area contributed by atoms with E-state index in [-0.39, 0.29) is 30.0 Å². The highest BCUT2D eigenvalue weighted by atomic mass is 19.1. The smallest absolute Gasteiger partial charge is 0.226 e. The van der Waals surface area contributed by atoms with Crippen LogP contribution in [-0.2, 0) is 20.7 Å². The van der Waals surface area contributed by atoms with Gasteiger partial charge in [-0.3, -0.25) is 9.59 Å². The fourth-order valence-corrected chi connectivity index (χ4v) is 2.92. The van der Waals surface area contributed by atoms with E-state index in [0.29, 0.717) is 32.7 Å². The number of carbonyl (C=O) groups excluding carboxylic acids is 2. The molecule has 1 aliphatic heterocycles. The van der Waals surface area contributed by atoms with Gasteiger partial charge in [-0.05, 0) is 37.0 Å². The second-order valence-electron chi connectivity index (χ2n) is 6.10. The van der Waals surface area contributed by atoms with E-state index in [4.69, 9.17) is 4.74 Å². The molecule has 1 unspecified atom stereocenters. The van der Waals surface area contributed by atoms with Gasteiger partial charge >= 0.3 is 0 Å². The third kappa shape index (κ3) is 5.60. The summed E-state index contributed by atoms with van der Waals surface area (Å²) in [5.74, 6) is -0.282. The number of methoxy groups -OCH3 is 1. The molecule has 0 saturated carbocycles. The zero-order chi connectivity index (χ0) is 17.4. The van der Waals surface area contributed by atoms with Crippen LogP contribution >= 0.6 is 0 Å². The maximum atomic E-state index is 12.9. The van der Waals surface area contributed by atoms with Gasteiger partial charge in [0.25, 0.3) is 0 Å². The summed E-state index contributed by atoms with van der Waals surface area (Å²) in [5.41, 5.74) is 0.805. The van der Waals surface area contributed by atoms with Gasteiger partial charge in [-0.25, -0.2) is 4.39 Å². The van der Waals surface area contributed by atoms with Crippen molar-refractivity contribution in [2.75, 3.05) is 33.4 Å². The monoisotopic (exact) mass is 336 g/mol. The molecule has 1 aliphatic rings. The van der Waals surface area contributed by atoms with E-state index >= 15 is 0 Å². The molecule has 1 N–H and O–H groups in total. The minimum absolute atomic E-state index is 0.0297. The molecule has 0 spiro atoms. The summed E-state index contributed by atoms with van der Waals surface area (Å²) < 4.78 is 17.8. The minimum atomic E-state index is -0.303. The zero-order valence-electron chi connectivity index (χ0n) is 14.1.